The standard InChI is InChI=1S/C15H15NO3/c1-19-15-9-7-11(10-16-15)6-8-14(18)12-4-2-3-5-13(12)17/h2-5,7,9-10,17H,6,8H2,1H3. The maximum atomic E-state index is 12.0. The first kappa shape index (κ1) is 13.1. The molecular weight excluding hydrogens is 242 g/mol. The summed E-state index contributed by atoms with van der Waals surface area (Å²) < 4.78 is 4.97. The number of ether oxygens (including phenoxy) is 1. The highest BCUT2D eigenvalue weighted by atomic mass is 16.5. The Morgan fingerprint density at radius 1 is 1.26 bits per heavy atom. The van der Waals surface area contributed by atoms with E-state index < -0.39 is 0 Å². The number of ketones is 1. The van der Waals surface area contributed by atoms with Gasteiger partial charge in [0, 0.05) is 18.7 Å². The predicted molar refractivity (Wildman–Crippen MR) is 71.5 cm³/mol. The number of phenols is 1. The molecule has 0 aliphatic heterocycles. The molecule has 2 aromatic rings. The molecule has 0 radical (unpaired) electrons. The van der Waals surface area contributed by atoms with E-state index in [1.165, 1.54) is 6.07 Å². The number of hydrogen-bond acceptors (Lipinski definition) is 4. The number of carbonyl (C=O) groups excluding carboxylic acids is 1. The van der Waals surface area contributed by atoms with Crippen LogP contribution in [0.3, 0.4) is 0 Å². The summed E-state index contributed by atoms with van der Waals surface area (Å²) >= 11 is 0. The number of pyridine rings is 1. The fourth-order valence-electron chi connectivity index (χ4n) is 1.78. The van der Waals surface area contributed by atoms with E-state index in [0.717, 1.165) is 5.56 Å². The van der Waals surface area contributed by atoms with Crippen LogP contribution in [0, 0.1) is 0 Å². The monoisotopic (exact) mass is 257 g/mol. The van der Waals surface area contributed by atoms with Crippen LogP contribution in [-0.4, -0.2) is 23.0 Å². The van der Waals surface area contributed by atoms with Gasteiger partial charge in [0.05, 0.1) is 12.7 Å². The number of aromatic nitrogens is 1. The Balaban J connectivity index is 1.98. The molecule has 0 fully saturated rings. The smallest absolute Gasteiger partial charge is 0.212 e. The second-order valence-corrected chi connectivity index (χ2v) is 4.15. The van der Waals surface area contributed by atoms with E-state index in [1.807, 2.05) is 6.07 Å². The van der Waals surface area contributed by atoms with Crippen molar-refractivity contribution in [3.05, 3.63) is 53.7 Å². The van der Waals surface area contributed by atoms with E-state index >= 15 is 0 Å². The summed E-state index contributed by atoms with van der Waals surface area (Å²) in [6.45, 7) is 0. The number of Topliss-reactive ketones (excluding diaryl/α,β-unsaturated/α-hetero) is 1. The summed E-state index contributed by atoms with van der Waals surface area (Å²) in [4.78, 5) is 16.0. The Hall–Kier alpha value is -2.36. The molecule has 0 aliphatic carbocycles. The van der Waals surface area contributed by atoms with E-state index in [-0.39, 0.29) is 11.5 Å². The summed E-state index contributed by atoms with van der Waals surface area (Å²) in [6.07, 6.45) is 2.62. The van der Waals surface area contributed by atoms with E-state index in [4.69, 9.17) is 4.74 Å². The Morgan fingerprint density at radius 3 is 2.68 bits per heavy atom. The largest absolute Gasteiger partial charge is 0.507 e. The lowest BCUT2D eigenvalue weighted by molar-refractivity contribution is 0.0980. The molecule has 0 saturated heterocycles. The lowest BCUT2D eigenvalue weighted by atomic mass is 10.0. The van der Waals surface area contributed by atoms with Gasteiger partial charge in [-0.1, -0.05) is 18.2 Å². The third-order valence-electron chi connectivity index (χ3n) is 2.85. The summed E-state index contributed by atoms with van der Waals surface area (Å²) in [5.41, 5.74) is 1.33. The molecule has 0 unspecified atom stereocenters. The third kappa shape index (κ3) is 3.31. The van der Waals surface area contributed by atoms with Crippen LogP contribution >= 0.6 is 0 Å². The zero-order chi connectivity index (χ0) is 13.7. The highest BCUT2D eigenvalue weighted by molar-refractivity contribution is 5.98. The molecule has 1 N–H and O–H groups in total. The molecule has 0 spiro atoms. The minimum atomic E-state index is -0.0751. The van der Waals surface area contributed by atoms with E-state index in [0.29, 0.717) is 24.3 Å². The normalized spacial score (nSPS) is 10.2. The van der Waals surface area contributed by atoms with Gasteiger partial charge in [0.15, 0.2) is 5.78 Å². The number of hydrogen-bond donors (Lipinski definition) is 1. The van der Waals surface area contributed by atoms with Gasteiger partial charge < -0.3 is 9.84 Å². The molecule has 19 heavy (non-hydrogen) atoms. The quantitative estimate of drug-likeness (QED) is 0.836. The molecule has 0 atom stereocenters. The Labute approximate surface area is 111 Å². The topological polar surface area (TPSA) is 59.4 Å². The first-order chi connectivity index (χ1) is 9.20. The number of nitrogens with zero attached hydrogens (tertiary/aromatic N) is 1. The molecule has 4 nitrogen and oxygen atoms in total. The molecule has 2 rings (SSSR count). The van der Waals surface area contributed by atoms with Crippen LogP contribution in [0.15, 0.2) is 42.6 Å². The van der Waals surface area contributed by atoms with Crippen molar-refractivity contribution < 1.29 is 14.6 Å². The van der Waals surface area contributed by atoms with Gasteiger partial charge in [-0.25, -0.2) is 4.98 Å². The zero-order valence-corrected chi connectivity index (χ0v) is 10.7. The second kappa shape index (κ2) is 6.00. The molecule has 0 saturated carbocycles. The molecule has 0 bridgehead atoms. The Bertz CT molecular complexity index is 564. The van der Waals surface area contributed by atoms with Gasteiger partial charge in [0.2, 0.25) is 5.88 Å². The molecule has 1 heterocycles. The van der Waals surface area contributed by atoms with Gasteiger partial charge in [-0.15, -0.1) is 0 Å². The van der Waals surface area contributed by atoms with Crippen LogP contribution < -0.4 is 4.74 Å². The van der Waals surface area contributed by atoms with Crippen LogP contribution in [0.4, 0.5) is 0 Å². The van der Waals surface area contributed by atoms with Crippen molar-refractivity contribution in [3.8, 4) is 11.6 Å². The van der Waals surface area contributed by atoms with Crippen LogP contribution in [0.25, 0.3) is 0 Å². The van der Waals surface area contributed by atoms with E-state index in [1.54, 1.807) is 37.6 Å². The van der Waals surface area contributed by atoms with Gasteiger partial charge in [-0.2, -0.15) is 0 Å². The second-order valence-electron chi connectivity index (χ2n) is 4.15. The number of aryl methyl sites for hydroxylation is 1. The lowest BCUT2D eigenvalue weighted by Crippen LogP contribution is -2.01. The number of carbonyl (C=O) groups is 1. The maximum Gasteiger partial charge on any atom is 0.212 e. The van der Waals surface area contributed by atoms with E-state index in [2.05, 4.69) is 4.98 Å². The molecule has 1 aromatic carbocycles. The highest BCUT2D eigenvalue weighted by Crippen LogP contribution is 2.18. The first-order valence-electron chi connectivity index (χ1n) is 6.01. The Kier molecular flexibility index (Phi) is 4.13. The SMILES string of the molecule is COc1ccc(CCC(=O)c2ccccc2O)cn1. The number of para-hydroxylation sites is 1. The van der Waals surface area contributed by atoms with Crippen molar-refractivity contribution in [2.45, 2.75) is 12.8 Å². The first-order valence-corrected chi connectivity index (χ1v) is 6.01. The van der Waals surface area contributed by atoms with Gasteiger partial charge in [0.25, 0.3) is 0 Å². The van der Waals surface area contributed by atoms with Crippen molar-refractivity contribution in [2.24, 2.45) is 0 Å². The van der Waals surface area contributed by atoms with Crippen LogP contribution in [0.1, 0.15) is 22.3 Å². The fourth-order valence-corrected chi connectivity index (χ4v) is 1.78. The summed E-state index contributed by atoms with van der Waals surface area (Å²) in [5, 5.41) is 9.60. The number of rotatable bonds is 5. The number of aromatic hydroxyl groups is 1. The minimum Gasteiger partial charge on any atom is -0.507 e. The maximum absolute atomic E-state index is 12.0. The zero-order valence-electron chi connectivity index (χ0n) is 10.7. The molecule has 0 aliphatic rings. The van der Waals surface area contributed by atoms with Crippen molar-refractivity contribution in [1.82, 2.24) is 4.98 Å². The minimum absolute atomic E-state index is 0.0281. The van der Waals surface area contributed by atoms with Crippen molar-refractivity contribution in [2.75, 3.05) is 7.11 Å². The fraction of sp³-hybridized carbons (Fsp3) is 0.200. The van der Waals surface area contributed by atoms with Crippen molar-refractivity contribution >= 4 is 5.78 Å². The molecule has 1 aromatic heterocycles. The number of benzene rings is 1. The van der Waals surface area contributed by atoms with Gasteiger partial charge >= 0.3 is 0 Å². The number of phenolic OH excluding ortho intramolecular Hbond substituents is 1. The summed E-state index contributed by atoms with van der Waals surface area (Å²) in [7, 11) is 1.56. The number of methoxy groups -OCH3 is 1. The van der Waals surface area contributed by atoms with Crippen molar-refractivity contribution in [3.63, 3.8) is 0 Å². The van der Waals surface area contributed by atoms with Crippen LogP contribution in [-0.2, 0) is 6.42 Å². The van der Waals surface area contributed by atoms with Crippen molar-refractivity contribution in [1.29, 1.82) is 0 Å². The average Bonchev–Trinajstić information content (AvgIpc) is 2.46. The molecular formula is C15H15NO3. The predicted octanol–water partition coefficient (Wildman–Crippen LogP) is 2.61. The van der Waals surface area contributed by atoms with Gasteiger partial charge in [-0.05, 0) is 24.1 Å². The average molecular weight is 257 g/mol. The molecule has 0 amide bonds. The summed E-state index contributed by atoms with van der Waals surface area (Å²) in [5.74, 6) is 0.505. The summed E-state index contributed by atoms with van der Waals surface area (Å²) in [6, 6.07) is 10.2. The third-order valence-corrected chi connectivity index (χ3v) is 2.85. The highest BCUT2D eigenvalue weighted by Gasteiger charge is 2.10. The van der Waals surface area contributed by atoms with Crippen LogP contribution in [0.5, 0.6) is 11.6 Å². The van der Waals surface area contributed by atoms with Crippen LogP contribution in [0.2, 0.25) is 0 Å². The lowest BCUT2D eigenvalue weighted by Gasteiger charge is -2.04. The van der Waals surface area contributed by atoms with Gasteiger partial charge in [-0.3, -0.25) is 4.79 Å². The van der Waals surface area contributed by atoms with Gasteiger partial charge in [0.1, 0.15) is 5.75 Å². The molecule has 98 valence electrons. The molecule has 4 heteroatoms. The van der Waals surface area contributed by atoms with E-state index in [9.17, 15) is 9.90 Å². The Morgan fingerprint density at radius 2 is 2.05 bits per heavy atom.